The van der Waals surface area contributed by atoms with Gasteiger partial charge in [0.2, 0.25) is 0 Å². The number of nitrogens with zero attached hydrogens (tertiary/aromatic N) is 2. The summed E-state index contributed by atoms with van der Waals surface area (Å²) in [6, 6.07) is 2.80. The molecular formula is C10H7ClN2O4. The highest BCUT2D eigenvalue weighted by atomic mass is 35.5. The Hall–Kier alpha value is -2.08. The molecule has 0 aromatic carbocycles. The number of rotatable bonds is 1. The number of carboxylic acid groups (broad SMARTS) is 1. The van der Waals surface area contributed by atoms with Crippen molar-refractivity contribution in [3.63, 3.8) is 0 Å². The lowest BCUT2D eigenvalue weighted by Gasteiger charge is -2.02. The van der Waals surface area contributed by atoms with Crippen LogP contribution in [0.2, 0.25) is 5.15 Å². The van der Waals surface area contributed by atoms with Gasteiger partial charge >= 0.3 is 12.1 Å². The summed E-state index contributed by atoms with van der Waals surface area (Å²) < 4.78 is 5.32. The van der Waals surface area contributed by atoms with Gasteiger partial charge < -0.3 is 9.84 Å². The predicted molar refractivity (Wildman–Crippen MR) is 59.5 cm³/mol. The van der Waals surface area contributed by atoms with E-state index < -0.39 is 12.1 Å². The summed E-state index contributed by atoms with van der Waals surface area (Å²) in [7, 11) is 1.17. The summed E-state index contributed by atoms with van der Waals surface area (Å²) in [5.41, 5.74) is 0.183. The first-order valence-electron chi connectivity index (χ1n) is 4.54. The van der Waals surface area contributed by atoms with E-state index in [4.69, 9.17) is 16.7 Å². The fraction of sp³-hybridized carbons (Fsp3) is 0.100. The second kappa shape index (κ2) is 4.06. The number of hydrogen-bond donors (Lipinski definition) is 1. The van der Waals surface area contributed by atoms with Crippen molar-refractivity contribution >= 4 is 34.6 Å². The largest absolute Gasteiger partial charge is 0.464 e. The van der Waals surface area contributed by atoms with Gasteiger partial charge in [-0.1, -0.05) is 11.6 Å². The van der Waals surface area contributed by atoms with E-state index in [-0.39, 0.29) is 16.4 Å². The van der Waals surface area contributed by atoms with E-state index in [1.165, 1.54) is 25.4 Å². The zero-order valence-corrected chi connectivity index (χ0v) is 9.43. The van der Waals surface area contributed by atoms with Crippen molar-refractivity contribution in [2.45, 2.75) is 0 Å². The van der Waals surface area contributed by atoms with Crippen molar-refractivity contribution in [3.8, 4) is 0 Å². The number of fused-ring (bicyclic) bond motifs is 1. The molecule has 17 heavy (non-hydrogen) atoms. The molecule has 0 bridgehead atoms. The molecule has 2 rings (SSSR count). The molecule has 0 aliphatic carbocycles. The Morgan fingerprint density at radius 2 is 2.24 bits per heavy atom. The van der Waals surface area contributed by atoms with Crippen molar-refractivity contribution in [3.05, 3.63) is 29.2 Å². The van der Waals surface area contributed by atoms with Crippen molar-refractivity contribution < 1.29 is 19.4 Å². The summed E-state index contributed by atoms with van der Waals surface area (Å²) in [5.74, 6) is -0.750. The molecule has 0 fully saturated rings. The number of carbonyl (C=O) groups excluding carboxylic acids is 1. The van der Waals surface area contributed by atoms with Gasteiger partial charge in [-0.2, -0.15) is 0 Å². The van der Waals surface area contributed by atoms with Crippen molar-refractivity contribution in [1.82, 2.24) is 9.55 Å². The van der Waals surface area contributed by atoms with Gasteiger partial charge in [0.15, 0.2) is 0 Å². The molecule has 0 amide bonds. The number of esters is 1. The first-order valence-corrected chi connectivity index (χ1v) is 4.91. The van der Waals surface area contributed by atoms with E-state index in [2.05, 4.69) is 9.72 Å². The molecule has 0 aliphatic heterocycles. The zero-order chi connectivity index (χ0) is 12.6. The van der Waals surface area contributed by atoms with Gasteiger partial charge in [-0.3, -0.25) is 0 Å². The topological polar surface area (TPSA) is 81.4 Å². The third-order valence-corrected chi connectivity index (χ3v) is 2.57. The lowest BCUT2D eigenvalue weighted by Crippen LogP contribution is -2.16. The molecule has 88 valence electrons. The Balaban J connectivity index is 2.84. The number of hydrogen-bond acceptors (Lipinski definition) is 4. The monoisotopic (exact) mass is 254 g/mol. The molecule has 0 aliphatic rings. The summed E-state index contributed by atoms with van der Waals surface area (Å²) in [4.78, 5) is 26.4. The van der Waals surface area contributed by atoms with Gasteiger partial charge in [-0.05, 0) is 12.1 Å². The third-order valence-electron chi connectivity index (χ3n) is 2.27. The number of pyridine rings is 1. The van der Waals surface area contributed by atoms with E-state index in [1.807, 2.05) is 0 Å². The average Bonchev–Trinajstić information content (AvgIpc) is 2.68. The molecule has 2 heterocycles. The number of carbonyl (C=O) groups is 2. The SMILES string of the molecule is COC(=O)c1cc2c(Cl)nccc2n1C(=O)O. The normalized spacial score (nSPS) is 10.5. The zero-order valence-electron chi connectivity index (χ0n) is 8.68. The van der Waals surface area contributed by atoms with Crippen molar-refractivity contribution in [2.24, 2.45) is 0 Å². The molecule has 0 radical (unpaired) electrons. The molecule has 1 N–H and O–H groups in total. The van der Waals surface area contributed by atoms with Crippen LogP contribution in [0.3, 0.4) is 0 Å². The Morgan fingerprint density at radius 3 is 2.82 bits per heavy atom. The van der Waals surface area contributed by atoms with Crippen LogP contribution in [0.15, 0.2) is 18.3 Å². The van der Waals surface area contributed by atoms with Crippen LogP contribution in [0.4, 0.5) is 4.79 Å². The minimum Gasteiger partial charge on any atom is -0.464 e. The lowest BCUT2D eigenvalue weighted by atomic mass is 10.3. The van der Waals surface area contributed by atoms with Gasteiger partial charge in [0.05, 0.1) is 12.6 Å². The summed E-state index contributed by atoms with van der Waals surface area (Å²) in [6.07, 6.45) is 0.0770. The maximum absolute atomic E-state index is 11.4. The molecule has 0 saturated carbocycles. The maximum atomic E-state index is 11.4. The van der Waals surface area contributed by atoms with Crippen LogP contribution < -0.4 is 0 Å². The van der Waals surface area contributed by atoms with Crippen LogP contribution in [-0.2, 0) is 4.74 Å². The fourth-order valence-electron chi connectivity index (χ4n) is 1.56. The quantitative estimate of drug-likeness (QED) is 0.622. The van der Waals surface area contributed by atoms with Gasteiger partial charge in [0.25, 0.3) is 0 Å². The second-order valence-electron chi connectivity index (χ2n) is 3.17. The molecule has 0 spiro atoms. The van der Waals surface area contributed by atoms with E-state index in [0.717, 1.165) is 4.57 Å². The average molecular weight is 255 g/mol. The van der Waals surface area contributed by atoms with E-state index >= 15 is 0 Å². The fourth-order valence-corrected chi connectivity index (χ4v) is 1.77. The number of ether oxygens (including phenoxy) is 1. The summed E-state index contributed by atoms with van der Waals surface area (Å²) in [5, 5.41) is 9.60. The predicted octanol–water partition coefficient (Wildman–Crippen LogP) is 2.00. The molecule has 6 nitrogen and oxygen atoms in total. The first-order chi connectivity index (χ1) is 8.06. The lowest BCUT2D eigenvalue weighted by molar-refractivity contribution is 0.0588. The minimum atomic E-state index is -1.29. The van der Waals surface area contributed by atoms with Gasteiger partial charge in [-0.15, -0.1) is 0 Å². The number of halogens is 1. The van der Waals surface area contributed by atoms with Crippen LogP contribution in [-0.4, -0.2) is 33.8 Å². The smallest absolute Gasteiger partial charge is 0.416 e. The minimum absolute atomic E-state index is 0.107. The molecule has 2 aromatic heterocycles. The Kier molecular flexibility index (Phi) is 2.72. The van der Waals surface area contributed by atoms with E-state index in [9.17, 15) is 9.59 Å². The van der Waals surface area contributed by atoms with Gasteiger partial charge in [0, 0.05) is 11.6 Å². The van der Waals surface area contributed by atoms with Gasteiger partial charge in [0.1, 0.15) is 10.8 Å². The molecule has 2 aromatic rings. The highest BCUT2D eigenvalue weighted by Gasteiger charge is 2.21. The number of methoxy groups -OCH3 is 1. The van der Waals surface area contributed by atoms with Crippen LogP contribution in [0.5, 0.6) is 0 Å². The third kappa shape index (κ3) is 1.72. The molecular weight excluding hydrogens is 248 g/mol. The highest BCUT2D eigenvalue weighted by Crippen LogP contribution is 2.25. The van der Waals surface area contributed by atoms with Gasteiger partial charge in [-0.25, -0.2) is 19.1 Å². The Morgan fingerprint density at radius 1 is 1.53 bits per heavy atom. The summed E-state index contributed by atoms with van der Waals surface area (Å²) >= 11 is 5.83. The van der Waals surface area contributed by atoms with E-state index in [0.29, 0.717) is 5.39 Å². The number of aromatic nitrogens is 2. The second-order valence-corrected chi connectivity index (χ2v) is 3.53. The van der Waals surface area contributed by atoms with Crippen molar-refractivity contribution in [2.75, 3.05) is 7.11 Å². The molecule has 0 unspecified atom stereocenters. The maximum Gasteiger partial charge on any atom is 0.416 e. The Labute approximate surface area is 100 Å². The standard InChI is InChI=1S/C10H7ClN2O4/c1-17-9(14)7-4-5-6(13(7)10(15)16)2-3-12-8(5)11/h2-4H,1H3,(H,15,16). The van der Waals surface area contributed by atoms with Crippen molar-refractivity contribution in [1.29, 1.82) is 0 Å². The first kappa shape index (κ1) is 11.4. The molecule has 0 atom stereocenters. The van der Waals surface area contributed by atoms with Crippen LogP contribution in [0, 0.1) is 0 Å². The molecule has 7 heteroatoms. The molecule has 0 saturated heterocycles. The van der Waals surface area contributed by atoms with E-state index in [1.54, 1.807) is 0 Å². The van der Waals surface area contributed by atoms with Crippen LogP contribution in [0.1, 0.15) is 10.5 Å². The summed E-state index contributed by atoms with van der Waals surface area (Å²) in [6.45, 7) is 0. The Bertz CT molecular complexity index is 620. The van der Waals surface area contributed by atoms with Crippen LogP contribution >= 0.6 is 11.6 Å². The highest BCUT2D eigenvalue weighted by molar-refractivity contribution is 6.34. The van der Waals surface area contributed by atoms with Crippen LogP contribution in [0.25, 0.3) is 10.9 Å².